The molecular weight excluding hydrogens is 375 g/mol. The summed E-state index contributed by atoms with van der Waals surface area (Å²) in [6.07, 6.45) is 0. The summed E-state index contributed by atoms with van der Waals surface area (Å²) in [6.45, 7) is 0. The topological polar surface area (TPSA) is 37.3 Å². The van der Waals surface area contributed by atoms with Crippen molar-refractivity contribution in [1.82, 2.24) is 0 Å². The van der Waals surface area contributed by atoms with E-state index in [1.54, 1.807) is 18.2 Å². The van der Waals surface area contributed by atoms with E-state index in [9.17, 15) is 9.32 Å². The van der Waals surface area contributed by atoms with Gasteiger partial charge in [0.15, 0.2) is 0 Å². The lowest BCUT2D eigenvalue weighted by molar-refractivity contribution is 0.106. The summed E-state index contributed by atoms with van der Waals surface area (Å²) in [5, 5.41) is 12.2. The minimum atomic E-state index is -1.47. The van der Waals surface area contributed by atoms with Crippen LogP contribution in [0.25, 0.3) is 0 Å². The summed E-state index contributed by atoms with van der Waals surface area (Å²) in [4.78, 5) is 0.527. The van der Waals surface area contributed by atoms with Crippen molar-refractivity contribution in [1.29, 1.82) is 0 Å². The SMILES string of the molecule is O=[S@@](CC(O)(c1ccccc1)c1ccccc1)c1ccc(Cl)c(Cl)c1. The molecule has 0 amide bonds. The average molecular weight is 391 g/mol. The van der Waals surface area contributed by atoms with Crippen LogP contribution in [-0.4, -0.2) is 15.1 Å². The van der Waals surface area contributed by atoms with Crippen LogP contribution in [0.5, 0.6) is 0 Å². The monoisotopic (exact) mass is 390 g/mol. The maximum absolute atomic E-state index is 12.9. The molecule has 0 saturated carbocycles. The summed E-state index contributed by atoms with van der Waals surface area (Å²) in [5.74, 6) is 0.0129. The second-order valence-electron chi connectivity index (χ2n) is 5.66. The van der Waals surface area contributed by atoms with E-state index in [-0.39, 0.29) is 5.75 Å². The van der Waals surface area contributed by atoms with Crippen LogP contribution in [0, 0.1) is 0 Å². The van der Waals surface area contributed by atoms with Gasteiger partial charge in [-0.3, -0.25) is 4.21 Å². The maximum atomic E-state index is 12.9. The molecule has 0 fully saturated rings. The first-order chi connectivity index (χ1) is 12.0. The van der Waals surface area contributed by atoms with E-state index in [2.05, 4.69) is 0 Å². The van der Waals surface area contributed by atoms with Gasteiger partial charge in [-0.15, -0.1) is 0 Å². The summed E-state index contributed by atoms with van der Waals surface area (Å²) in [7, 11) is -1.47. The molecule has 25 heavy (non-hydrogen) atoms. The summed E-state index contributed by atoms with van der Waals surface area (Å²) < 4.78 is 12.9. The summed E-state index contributed by atoms with van der Waals surface area (Å²) >= 11 is 12.0. The van der Waals surface area contributed by atoms with E-state index < -0.39 is 16.4 Å². The van der Waals surface area contributed by atoms with Crippen molar-refractivity contribution < 1.29 is 9.32 Å². The van der Waals surface area contributed by atoms with E-state index in [1.165, 1.54) is 0 Å². The van der Waals surface area contributed by atoms with E-state index in [0.29, 0.717) is 26.1 Å². The minimum absolute atomic E-state index is 0.0129. The number of halogens is 2. The first-order valence-corrected chi connectivity index (χ1v) is 9.75. The normalized spacial score (nSPS) is 12.8. The van der Waals surface area contributed by atoms with E-state index in [0.717, 1.165) is 0 Å². The van der Waals surface area contributed by atoms with Gasteiger partial charge < -0.3 is 5.11 Å². The highest BCUT2D eigenvalue weighted by molar-refractivity contribution is 7.85. The van der Waals surface area contributed by atoms with Crippen molar-refractivity contribution in [3.63, 3.8) is 0 Å². The van der Waals surface area contributed by atoms with Crippen molar-refractivity contribution in [3.05, 3.63) is 100 Å². The van der Waals surface area contributed by atoms with Gasteiger partial charge in [0.1, 0.15) is 5.60 Å². The van der Waals surface area contributed by atoms with Gasteiger partial charge in [-0.25, -0.2) is 0 Å². The number of hydrogen-bond acceptors (Lipinski definition) is 2. The highest BCUT2D eigenvalue weighted by atomic mass is 35.5. The Balaban J connectivity index is 2.01. The van der Waals surface area contributed by atoms with Gasteiger partial charge in [0.25, 0.3) is 0 Å². The number of benzene rings is 3. The largest absolute Gasteiger partial charge is 0.379 e. The number of hydrogen-bond donors (Lipinski definition) is 1. The lowest BCUT2D eigenvalue weighted by atomic mass is 9.88. The molecule has 3 aromatic rings. The van der Waals surface area contributed by atoms with Crippen molar-refractivity contribution in [2.24, 2.45) is 0 Å². The number of aliphatic hydroxyl groups is 1. The van der Waals surface area contributed by atoms with Crippen molar-refractivity contribution in [2.45, 2.75) is 10.5 Å². The molecule has 0 aliphatic rings. The molecule has 1 atom stereocenters. The van der Waals surface area contributed by atoms with Crippen LogP contribution in [0.15, 0.2) is 83.8 Å². The lowest BCUT2D eigenvalue weighted by Gasteiger charge is -2.29. The Bertz CT molecular complexity index is 843. The summed E-state index contributed by atoms with van der Waals surface area (Å²) in [6, 6.07) is 23.4. The van der Waals surface area contributed by atoms with Crippen LogP contribution in [-0.2, 0) is 16.4 Å². The highest BCUT2D eigenvalue weighted by Gasteiger charge is 2.34. The Hall–Kier alpha value is -1.65. The minimum Gasteiger partial charge on any atom is -0.379 e. The molecule has 2 nitrogen and oxygen atoms in total. The van der Waals surface area contributed by atoms with Crippen molar-refractivity contribution >= 4 is 34.0 Å². The predicted octanol–water partition coefficient (Wildman–Crippen LogP) is 5.04. The Morgan fingerprint density at radius 3 is 1.80 bits per heavy atom. The molecule has 0 unspecified atom stereocenters. The van der Waals surface area contributed by atoms with Gasteiger partial charge in [-0.1, -0.05) is 83.9 Å². The molecule has 0 heterocycles. The fraction of sp³-hybridized carbons (Fsp3) is 0.100. The van der Waals surface area contributed by atoms with E-state index in [4.69, 9.17) is 23.2 Å². The quantitative estimate of drug-likeness (QED) is 0.662. The third kappa shape index (κ3) is 3.96. The molecule has 5 heteroatoms. The smallest absolute Gasteiger partial charge is 0.126 e. The fourth-order valence-corrected chi connectivity index (χ4v) is 4.36. The molecule has 0 saturated heterocycles. The third-order valence-corrected chi connectivity index (χ3v) is 6.20. The van der Waals surface area contributed by atoms with Crippen LogP contribution in [0.1, 0.15) is 11.1 Å². The molecule has 3 rings (SSSR count). The van der Waals surface area contributed by atoms with Gasteiger partial charge in [0, 0.05) is 4.90 Å². The van der Waals surface area contributed by atoms with Crippen LogP contribution >= 0.6 is 23.2 Å². The highest BCUT2D eigenvalue weighted by Crippen LogP contribution is 2.33. The van der Waals surface area contributed by atoms with Crippen LogP contribution in [0.4, 0.5) is 0 Å². The Morgan fingerprint density at radius 1 is 0.800 bits per heavy atom. The lowest BCUT2D eigenvalue weighted by Crippen LogP contribution is -2.33. The zero-order valence-corrected chi connectivity index (χ0v) is 15.6. The zero-order valence-electron chi connectivity index (χ0n) is 13.2. The van der Waals surface area contributed by atoms with Crippen LogP contribution in [0.3, 0.4) is 0 Å². The Labute approximate surface area is 159 Å². The first-order valence-electron chi connectivity index (χ1n) is 7.67. The van der Waals surface area contributed by atoms with Crippen molar-refractivity contribution in [3.8, 4) is 0 Å². The standard InChI is InChI=1S/C20H16Cl2O2S/c21-18-12-11-17(13-19(18)22)25(24)14-20(23,15-7-3-1-4-8-15)16-9-5-2-6-10-16/h1-13,23H,14H2/t25-/m0/s1. The van der Waals surface area contributed by atoms with Crippen molar-refractivity contribution in [2.75, 3.05) is 5.75 Å². The predicted molar refractivity (Wildman–Crippen MR) is 104 cm³/mol. The van der Waals surface area contributed by atoms with Crippen LogP contribution in [0.2, 0.25) is 10.0 Å². The molecular formula is C20H16Cl2O2S. The average Bonchev–Trinajstić information content (AvgIpc) is 2.65. The zero-order chi connectivity index (χ0) is 17.9. The molecule has 0 spiro atoms. The number of rotatable bonds is 5. The van der Waals surface area contributed by atoms with Crippen LogP contribution < -0.4 is 0 Å². The molecule has 0 aliphatic carbocycles. The fourth-order valence-electron chi connectivity index (χ4n) is 2.65. The van der Waals surface area contributed by atoms with Gasteiger partial charge >= 0.3 is 0 Å². The maximum Gasteiger partial charge on any atom is 0.126 e. The molecule has 128 valence electrons. The molecule has 0 aromatic heterocycles. The molecule has 3 aromatic carbocycles. The van der Waals surface area contributed by atoms with E-state index >= 15 is 0 Å². The van der Waals surface area contributed by atoms with Gasteiger partial charge in [0.2, 0.25) is 0 Å². The Kier molecular flexibility index (Phi) is 5.60. The van der Waals surface area contributed by atoms with E-state index in [1.807, 2.05) is 60.7 Å². The molecule has 0 bridgehead atoms. The molecule has 0 radical (unpaired) electrons. The Morgan fingerprint density at radius 2 is 1.32 bits per heavy atom. The van der Waals surface area contributed by atoms with Gasteiger partial charge in [0.05, 0.1) is 26.6 Å². The summed E-state index contributed by atoms with van der Waals surface area (Å²) in [5.41, 5.74) is 0.00341. The molecule has 0 aliphatic heterocycles. The van der Waals surface area contributed by atoms with Gasteiger partial charge in [-0.2, -0.15) is 0 Å². The first kappa shape index (κ1) is 18.2. The van der Waals surface area contributed by atoms with Gasteiger partial charge in [-0.05, 0) is 29.3 Å². The second-order valence-corrected chi connectivity index (χ2v) is 7.92. The molecule has 1 N–H and O–H groups in total. The third-order valence-electron chi connectivity index (χ3n) is 4.00. The second kappa shape index (κ2) is 7.71.